The Bertz CT molecular complexity index is 569. The van der Waals surface area contributed by atoms with Gasteiger partial charge in [-0.3, -0.25) is 4.99 Å². The Kier molecular flexibility index (Phi) is 7.63. The number of nitrogens with zero attached hydrogens (tertiary/aromatic N) is 1. The van der Waals surface area contributed by atoms with Crippen LogP contribution in [0.1, 0.15) is 24.0 Å². The summed E-state index contributed by atoms with van der Waals surface area (Å²) in [6.07, 6.45) is 0. The van der Waals surface area contributed by atoms with Gasteiger partial charge in [0.15, 0.2) is 5.96 Å². The van der Waals surface area contributed by atoms with Crippen molar-refractivity contribution in [3.63, 3.8) is 0 Å². The highest BCUT2D eigenvalue weighted by molar-refractivity contribution is 7.07. The molecule has 1 unspecified atom stereocenters. The molecule has 0 spiro atoms. The summed E-state index contributed by atoms with van der Waals surface area (Å²) >= 11 is 1.74. The zero-order valence-corrected chi connectivity index (χ0v) is 14.6. The van der Waals surface area contributed by atoms with E-state index in [-0.39, 0.29) is 0 Å². The van der Waals surface area contributed by atoms with Gasteiger partial charge in [0.2, 0.25) is 0 Å². The van der Waals surface area contributed by atoms with Crippen molar-refractivity contribution in [1.82, 2.24) is 10.6 Å². The molecule has 2 aromatic rings. The molecule has 2 rings (SSSR count). The Hall–Kier alpha value is -1.85. The Morgan fingerprint density at radius 1 is 1.22 bits per heavy atom. The highest BCUT2D eigenvalue weighted by atomic mass is 32.1. The number of hydrogen-bond acceptors (Lipinski definition) is 3. The van der Waals surface area contributed by atoms with E-state index in [1.165, 1.54) is 11.1 Å². The Morgan fingerprint density at radius 2 is 2.04 bits per heavy atom. The number of benzene rings is 1. The van der Waals surface area contributed by atoms with Crippen molar-refractivity contribution in [2.45, 2.75) is 19.4 Å². The van der Waals surface area contributed by atoms with Gasteiger partial charge in [-0.15, -0.1) is 0 Å². The van der Waals surface area contributed by atoms with Crippen LogP contribution < -0.4 is 10.6 Å². The molecular weight excluding hydrogens is 306 g/mol. The molecule has 0 aliphatic rings. The van der Waals surface area contributed by atoms with Gasteiger partial charge in [-0.2, -0.15) is 11.3 Å². The molecule has 5 heteroatoms. The summed E-state index contributed by atoms with van der Waals surface area (Å²) in [6.45, 7) is 5.10. The molecule has 1 aromatic carbocycles. The zero-order valence-electron chi connectivity index (χ0n) is 13.8. The van der Waals surface area contributed by atoms with Gasteiger partial charge in [0.05, 0.1) is 13.2 Å². The summed E-state index contributed by atoms with van der Waals surface area (Å²) in [5.41, 5.74) is 2.56. The van der Waals surface area contributed by atoms with Crippen LogP contribution in [0.3, 0.4) is 0 Å². The molecule has 0 saturated heterocycles. The minimum Gasteiger partial charge on any atom is -0.375 e. The first-order chi connectivity index (χ1) is 11.3. The number of rotatable bonds is 8. The van der Waals surface area contributed by atoms with Crippen molar-refractivity contribution in [2.75, 3.05) is 26.7 Å². The first kappa shape index (κ1) is 17.5. The quantitative estimate of drug-likeness (QED) is 0.443. The Morgan fingerprint density at radius 3 is 2.74 bits per heavy atom. The molecule has 0 aliphatic carbocycles. The number of thiophene rings is 1. The fourth-order valence-electron chi connectivity index (χ4n) is 2.15. The summed E-state index contributed by atoms with van der Waals surface area (Å²) in [5, 5.41) is 10.9. The smallest absolute Gasteiger partial charge is 0.191 e. The fraction of sp³-hybridized carbons (Fsp3) is 0.389. The second kappa shape index (κ2) is 10.0. The van der Waals surface area contributed by atoms with Crippen LogP contribution in [0.25, 0.3) is 0 Å². The third-order valence-electron chi connectivity index (χ3n) is 3.56. The fourth-order valence-corrected chi connectivity index (χ4v) is 2.93. The summed E-state index contributed by atoms with van der Waals surface area (Å²) in [4.78, 5) is 4.24. The van der Waals surface area contributed by atoms with E-state index in [4.69, 9.17) is 4.74 Å². The maximum absolute atomic E-state index is 5.66. The van der Waals surface area contributed by atoms with Crippen LogP contribution in [0.2, 0.25) is 0 Å². The lowest BCUT2D eigenvalue weighted by molar-refractivity contribution is 0.125. The molecule has 0 amide bonds. The maximum Gasteiger partial charge on any atom is 0.191 e. The maximum atomic E-state index is 5.66. The SMILES string of the molecule is CN=C(NCCOCc1ccccc1)NCC(C)c1ccsc1. The number of aliphatic imine (C=N–C) groups is 1. The molecule has 124 valence electrons. The second-order valence-corrected chi connectivity index (χ2v) is 6.16. The van der Waals surface area contributed by atoms with E-state index in [0.717, 1.165) is 19.0 Å². The van der Waals surface area contributed by atoms with Crippen molar-refractivity contribution in [1.29, 1.82) is 0 Å². The van der Waals surface area contributed by atoms with Gasteiger partial charge in [0, 0.05) is 20.1 Å². The van der Waals surface area contributed by atoms with Gasteiger partial charge in [-0.25, -0.2) is 0 Å². The molecule has 2 N–H and O–H groups in total. The highest BCUT2D eigenvalue weighted by Gasteiger charge is 2.06. The standard InChI is InChI=1S/C18H25N3OS/c1-15(17-8-11-23-14-17)12-21-18(19-2)20-9-10-22-13-16-6-4-3-5-7-16/h3-8,11,14-15H,9-10,12-13H2,1-2H3,(H2,19,20,21). The van der Waals surface area contributed by atoms with E-state index in [1.54, 1.807) is 18.4 Å². The van der Waals surface area contributed by atoms with Crippen LogP contribution in [0, 0.1) is 0 Å². The first-order valence-corrected chi connectivity index (χ1v) is 8.82. The van der Waals surface area contributed by atoms with E-state index in [0.29, 0.717) is 19.1 Å². The molecule has 1 atom stereocenters. The van der Waals surface area contributed by atoms with Gasteiger partial charge in [0.1, 0.15) is 0 Å². The summed E-state index contributed by atoms with van der Waals surface area (Å²) in [6, 6.07) is 12.4. The van der Waals surface area contributed by atoms with Crippen LogP contribution in [0.4, 0.5) is 0 Å². The molecule has 4 nitrogen and oxygen atoms in total. The molecule has 1 heterocycles. The van der Waals surface area contributed by atoms with Crippen LogP contribution >= 0.6 is 11.3 Å². The van der Waals surface area contributed by atoms with Crippen molar-refractivity contribution < 1.29 is 4.74 Å². The van der Waals surface area contributed by atoms with E-state index in [9.17, 15) is 0 Å². The summed E-state index contributed by atoms with van der Waals surface area (Å²) in [5.74, 6) is 1.28. The first-order valence-electron chi connectivity index (χ1n) is 7.88. The van der Waals surface area contributed by atoms with E-state index >= 15 is 0 Å². The minimum absolute atomic E-state index is 0.467. The minimum atomic E-state index is 0.467. The molecule has 23 heavy (non-hydrogen) atoms. The highest BCUT2D eigenvalue weighted by Crippen LogP contribution is 2.16. The molecule has 0 fully saturated rings. The molecule has 0 bridgehead atoms. The van der Waals surface area contributed by atoms with Crippen LogP contribution in [0.5, 0.6) is 0 Å². The van der Waals surface area contributed by atoms with E-state index in [1.807, 2.05) is 18.2 Å². The summed E-state index contributed by atoms with van der Waals surface area (Å²) in [7, 11) is 1.79. The van der Waals surface area contributed by atoms with Crippen LogP contribution in [0.15, 0.2) is 52.2 Å². The average Bonchev–Trinajstić information content (AvgIpc) is 3.12. The predicted octanol–water partition coefficient (Wildman–Crippen LogP) is 3.23. The largest absolute Gasteiger partial charge is 0.375 e. The van der Waals surface area contributed by atoms with E-state index < -0.39 is 0 Å². The van der Waals surface area contributed by atoms with Gasteiger partial charge in [0.25, 0.3) is 0 Å². The number of ether oxygens (including phenoxy) is 1. The lowest BCUT2D eigenvalue weighted by atomic mass is 10.1. The van der Waals surface area contributed by atoms with Crippen LogP contribution in [-0.2, 0) is 11.3 Å². The van der Waals surface area contributed by atoms with Crippen molar-refractivity contribution >= 4 is 17.3 Å². The lowest BCUT2D eigenvalue weighted by Gasteiger charge is -2.15. The zero-order chi connectivity index (χ0) is 16.3. The van der Waals surface area contributed by atoms with Gasteiger partial charge in [-0.05, 0) is 33.9 Å². The summed E-state index contributed by atoms with van der Waals surface area (Å²) < 4.78 is 5.66. The normalized spacial score (nSPS) is 12.9. The van der Waals surface area contributed by atoms with E-state index in [2.05, 4.69) is 51.5 Å². The van der Waals surface area contributed by atoms with Crippen molar-refractivity contribution in [2.24, 2.45) is 4.99 Å². The number of guanidine groups is 1. The van der Waals surface area contributed by atoms with Gasteiger partial charge in [-0.1, -0.05) is 37.3 Å². The Labute approximate surface area is 142 Å². The van der Waals surface area contributed by atoms with Gasteiger partial charge >= 0.3 is 0 Å². The molecule has 1 aromatic heterocycles. The Balaban J connectivity index is 1.60. The average molecular weight is 331 g/mol. The molecule has 0 radical (unpaired) electrons. The monoisotopic (exact) mass is 331 g/mol. The third-order valence-corrected chi connectivity index (χ3v) is 4.26. The number of nitrogens with one attached hydrogen (secondary N) is 2. The predicted molar refractivity (Wildman–Crippen MR) is 98.2 cm³/mol. The molecular formula is C18H25N3OS. The second-order valence-electron chi connectivity index (χ2n) is 5.38. The third kappa shape index (κ3) is 6.42. The lowest BCUT2D eigenvalue weighted by Crippen LogP contribution is -2.40. The van der Waals surface area contributed by atoms with Crippen molar-refractivity contribution in [3.8, 4) is 0 Å². The number of hydrogen-bond donors (Lipinski definition) is 2. The topological polar surface area (TPSA) is 45.7 Å². The van der Waals surface area contributed by atoms with Crippen LogP contribution in [-0.4, -0.2) is 32.7 Å². The molecule has 0 aliphatic heterocycles. The van der Waals surface area contributed by atoms with Crippen molar-refractivity contribution in [3.05, 3.63) is 58.3 Å². The molecule has 0 saturated carbocycles. The van der Waals surface area contributed by atoms with Gasteiger partial charge < -0.3 is 15.4 Å².